The molecule has 10 aliphatic rings. The number of methoxy groups -OCH3 is 2. The van der Waals surface area contributed by atoms with Crippen molar-refractivity contribution in [1.29, 1.82) is 0 Å². The largest absolute Gasteiger partial charge is 0.508 e. The van der Waals surface area contributed by atoms with Gasteiger partial charge in [0.1, 0.15) is 58.4 Å². The van der Waals surface area contributed by atoms with E-state index in [0.717, 1.165) is 124 Å². The Hall–Kier alpha value is -11.9. The van der Waals surface area contributed by atoms with Gasteiger partial charge in [0.15, 0.2) is 6.29 Å². The molecule has 10 heterocycles. The average molecular weight is 1740 g/mol. The summed E-state index contributed by atoms with van der Waals surface area (Å²) in [5.74, 6) is -1.46. The number of nitrogens with zero attached hydrogens (tertiary/aromatic N) is 7. The third kappa shape index (κ3) is 19.2. The zero-order chi connectivity index (χ0) is 88.0. The molecule has 0 spiro atoms. The van der Waals surface area contributed by atoms with Crippen LogP contribution in [-0.2, 0) is 51.9 Å². The minimum Gasteiger partial charge on any atom is -0.508 e. The van der Waals surface area contributed by atoms with Gasteiger partial charge in [-0.2, -0.15) is 8.42 Å². The number of imide groups is 2. The molecule has 0 unspecified atom stereocenters. The summed E-state index contributed by atoms with van der Waals surface area (Å²) in [6.45, 7) is 11.2. The van der Waals surface area contributed by atoms with Crippen LogP contribution in [-0.4, -0.2) is 204 Å². The van der Waals surface area contributed by atoms with Crippen molar-refractivity contribution in [1.82, 2.24) is 30.7 Å². The van der Waals surface area contributed by atoms with Crippen LogP contribution in [0, 0.1) is 35.1 Å². The number of piperidine rings is 4. The summed E-state index contributed by atoms with van der Waals surface area (Å²) in [5, 5.41) is 27.9. The van der Waals surface area contributed by atoms with Crippen molar-refractivity contribution >= 4 is 68.3 Å². The van der Waals surface area contributed by atoms with Gasteiger partial charge in [0.05, 0.1) is 40.9 Å². The third-order valence-corrected chi connectivity index (χ3v) is 26.9. The lowest BCUT2D eigenvalue weighted by Gasteiger charge is -2.40. The molecule has 6 amide bonds. The zero-order valence-electron chi connectivity index (χ0n) is 70.1. The Morgan fingerprint density at radius 2 is 0.865 bits per heavy atom. The summed E-state index contributed by atoms with van der Waals surface area (Å²) in [6.07, 6.45) is 4.41. The van der Waals surface area contributed by atoms with E-state index < -0.39 is 45.7 Å². The second kappa shape index (κ2) is 38.5. The lowest BCUT2D eigenvalue weighted by molar-refractivity contribution is -0.141. The van der Waals surface area contributed by atoms with Crippen LogP contribution >= 0.6 is 0 Å². The number of benzene rings is 9. The van der Waals surface area contributed by atoms with Gasteiger partial charge < -0.3 is 63.9 Å². The molecule has 19 rings (SSSR count). The van der Waals surface area contributed by atoms with Crippen molar-refractivity contribution < 1.29 is 88.5 Å². The molecule has 10 aliphatic heterocycles. The summed E-state index contributed by atoms with van der Waals surface area (Å²) in [4.78, 5) is 86.7. The van der Waals surface area contributed by atoms with Crippen molar-refractivity contribution in [3.63, 3.8) is 0 Å². The van der Waals surface area contributed by atoms with E-state index in [1.54, 1.807) is 80.9 Å². The first-order valence-corrected chi connectivity index (χ1v) is 44.4. The highest BCUT2D eigenvalue weighted by Crippen LogP contribution is 2.50. The van der Waals surface area contributed by atoms with Gasteiger partial charge in [-0.3, -0.25) is 48.9 Å². The topological polar surface area (TPSA) is 293 Å². The fraction of sp³-hybridized carbons (Fsp3) is 0.375. The van der Waals surface area contributed by atoms with Crippen molar-refractivity contribution in [3.05, 3.63) is 267 Å². The number of hydrogen-bond acceptors (Lipinski definition) is 20. The Kier molecular flexibility index (Phi) is 26.7. The third-order valence-electron chi connectivity index (χ3n) is 26.0. The van der Waals surface area contributed by atoms with E-state index in [1.165, 1.54) is 34.1 Å². The van der Waals surface area contributed by atoms with E-state index >= 15 is 13.2 Å². The zero-order valence-corrected chi connectivity index (χ0v) is 70.9. The second-order valence-corrected chi connectivity index (χ2v) is 35.0. The number of amides is 6. The molecule has 660 valence electrons. The SMILES string of the molecule is COC(OC)C1CCN(c2ccc([C@@H]3c4ccc(O)cc4OC[C@@H]3c3ccccc3)cc2F)CC1.O=C1CC[C@H](N2Cc3cc(N4CCN(CC5CCN(c6ccc([C@@H]7c8ccc(O)cc8OC[C@@H]7c7ccccc7)cc6F)CC5)CC4)c(F)cc3C2=O)C(=O)N1.O=C1CC[C@H](N2Cc3cc(N4CCNCC4)c(F)cc3C2=O)C(=O)N1.O=S(=O)(O)c1ccccc1. The summed E-state index contributed by atoms with van der Waals surface area (Å²) in [5.41, 5.74) is 10.2. The first-order valence-electron chi connectivity index (χ1n) is 43.0. The molecule has 6 atom stereocenters. The number of rotatable bonds is 16. The second-order valence-electron chi connectivity index (χ2n) is 33.6. The molecule has 6 fully saturated rings. The number of carbonyl (C=O) groups excluding carboxylic acids is 6. The number of phenols is 2. The van der Waals surface area contributed by atoms with E-state index in [2.05, 4.69) is 54.9 Å². The number of aromatic hydroxyl groups is 2. The highest BCUT2D eigenvalue weighted by atomic mass is 32.2. The van der Waals surface area contributed by atoms with Gasteiger partial charge in [0, 0.05) is 189 Å². The molecule has 30 heteroatoms. The Morgan fingerprint density at radius 1 is 0.452 bits per heavy atom. The van der Waals surface area contributed by atoms with Crippen LogP contribution in [0.5, 0.6) is 23.0 Å². The van der Waals surface area contributed by atoms with Gasteiger partial charge in [0.25, 0.3) is 21.9 Å². The monoisotopic (exact) mass is 1740 g/mol. The molecule has 0 saturated carbocycles. The molecule has 0 aromatic heterocycles. The van der Waals surface area contributed by atoms with Gasteiger partial charge in [-0.05, 0) is 151 Å². The molecule has 0 aliphatic carbocycles. The van der Waals surface area contributed by atoms with Crippen molar-refractivity contribution in [2.45, 2.75) is 111 Å². The van der Waals surface area contributed by atoms with E-state index in [1.807, 2.05) is 82.6 Å². The number of piperazine rings is 2. The standard InChI is InChI=1S/C44H45F2N5O5.C29H32FNO4.C17H19FN4O3.C6H6O3S/c45-35-20-29(42-32-8-7-31(52)22-40(32)56-26-34(42)28-4-2-1-3-5-28)6-9-37(35)49-14-12-27(13-15-49)24-48-16-18-50(19-17-48)39-21-30-25-51(44(55)33(30)23-36(39)46)38-10-11-41(53)47-43(38)54;1-33-29(34-2)20-12-14-31(15-13-20)26-11-8-21(16-25(26)30)28-23-10-9-22(32)17-27(23)35-18-24(28)19-6-4-3-5-7-19;18-12-8-11-10(7-14(12)21-5-3-19-4-6-21)9-22(17(11)25)13-1-2-15(23)20-16(13)24;7-10(8,9)6-4-2-1-3-5-6/h1-9,20-23,27,34,38,42,52H,10-19,24-26H2,(H,47,53,54);3-11,16-17,20,24,28-29,32H,12-15,18H2,1-2H3;7-8,13,19H,1-6,9H2,(H,20,23,24);1-5H,(H,7,8,9)/t34-,38+,42-;24-,28-;13-;/m110./s1. The van der Waals surface area contributed by atoms with Crippen molar-refractivity contribution in [3.8, 4) is 23.0 Å². The van der Waals surface area contributed by atoms with Crippen LogP contribution in [0.25, 0.3) is 0 Å². The Labute approximate surface area is 728 Å². The molecule has 0 radical (unpaired) electrons. The number of halogens is 4. The van der Waals surface area contributed by atoms with E-state index in [-0.39, 0.29) is 120 Å². The molecule has 9 aromatic rings. The minimum absolute atomic E-state index is 0.00738. The Morgan fingerprint density at radius 3 is 1.28 bits per heavy atom. The van der Waals surface area contributed by atoms with Gasteiger partial charge in [-0.1, -0.05) is 103 Å². The Bertz CT molecular complexity index is 5620. The Balaban J connectivity index is 0.000000142. The summed E-state index contributed by atoms with van der Waals surface area (Å²) >= 11 is 0. The molecule has 6 N–H and O–H groups in total. The van der Waals surface area contributed by atoms with Crippen LogP contribution in [0.2, 0.25) is 0 Å². The molecule has 0 bridgehead atoms. The molecule has 25 nitrogen and oxygen atoms in total. The smallest absolute Gasteiger partial charge is 0.294 e. The average Bonchev–Trinajstić information content (AvgIpc) is 1.06. The van der Waals surface area contributed by atoms with Crippen LogP contribution in [0.4, 0.5) is 40.3 Å². The quantitative estimate of drug-likeness (QED) is 0.0227. The van der Waals surface area contributed by atoms with Crippen molar-refractivity contribution in [2.24, 2.45) is 11.8 Å². The fourth-order valence-corrected chi connectivity index (χ4v) is 20.0. The molecule has 126 heavy (non-hydrogen) atoms. The number of fused-ring (bicyclic) bond motifs is 4. The molecule has 9 aromatic carbocycles. The highest BCUT2D eigenvalue weighted by molar-refractivity contribution is 7.85. The van der Waals surface area contributed by atoms with Gasteiger partial charge in [-0.15, -0.1) is 0 Å². The summed E-state index contributed by atoms with van der Waals surface area (Å²) in [6, 6.07) is 54.1. The van der Waals surface area contributed by atoms with Crippen LogP contribution in [0.1, 0.15) is 140 Å². The number of carbonyl (C=O) groups is 6. The van der Waals surface area contributed by atoms with E-state index in [0.29, 0.717) is 103 Å². The molecule has 6 saturated heterocycles. The molecular formula is C96H102F4N10O15S. The number of anilines is 4. The normalized spacial score (nSPS) is 21.6. The number of nitrogens with one attached hydrogen (secondary N) is 3. The number of ether oxygens (including phenoxy) is 4. The van der Waals surface area contributed by atoms with E-state index in [4.69, 9.17) is 23.5 Å². The van der Waals surface area contributed by atoms with Gasteiger partial charge >= 0.3 is 0 Å². The predicted molar refractivity (Wildman–Crippen MR) is 465 cm³/mol. The lowest BCUT2D eigenvalue weighted by atomic mass is 9.76. The first-order chi connectivity index (χ1) is 60.9. The van der Waals surface area contributed by atoms with Gasteiger partial charge in [-0.25, -0.2) is 17.6 Å². The van der Waals surface area contributed by atoms with Crippen LogP contribution in [0.3, 0.4) is 0 Å². The summed E-state index contributed by atoms with van der Waals surface area (Å²) in [7, 11) is -0.675. The number of phenolic OH excluding ortho intramolecular Hbond substituents is 2. The fourth-order valence-electron chi connectivity index (χ4n) is 19.5. The van der Waals surface area contributed by atoms with Crippen LogP contribution in [0.15, 0.2) is 193 Å². The first kappa shape index (κ1) is 87.5. The van der Waals surface area contributed by atoms with Crippen LogP contribution < -0.4 is 45.0 Å². The minimum atomic E-state index is -4.00. The molecular weight excluding hydrogens is 1640 g/mol. The lowest BCUT2D eigenvalue weighted by Crippen LogP contribution is -2.52. The number of hydrogen-bond donors (Lipinski definition) is 6. The van der Waals surface area contributed by atoms with Gasteiger partial charge in [0.2, 0.25) is 23.6 Å². The van der Waals surface area contributed by atoms with E-state index in [9.17, 15) is 51.8 Å². The maximum absolute atomic E-state index is 16.1. The highest BCUT2D eigenvalue weighted by Gasteiger charge is 2.44. The maximum atomic E-state index is 16.1. The predicted octanol–water partition coefficient (Wildman–Crippen LogP) is 12.4. The van der Waals surface area contributed by atoms with Crippen molar-refractivity contribution in [2.75, 3.05) is 132 Å². The maximum Gasteiger partial charge on any atom is 0.294 e. The summed E-state index contributed by atoms with van der Waals surface area (Å²) < 4.78 is 114.